The van der Waals surface area contributed by atoms with Crippen LogP contribution in [0.4, 0.5) is 5.69 Å². The minimum Gasteiger partial charge on any atom is -0.325 e. The van der Waals surface area contributed by atoms with E-state index in [9.17, 15) is 4.79 Å². The first-order valence-electron chi connectivity index (χ1n) is 8.45. The van der Waals surface area contributed by atoms with E-state index in [1.54, 1.807) is 0 Å². The van der Waals surface area contributed by atoms with Crippen molar-refractivity contribution < 1.29 is 4.79 Å². The van der Waals surface area contributed by atoms with Gasteiger partial charge in [-0.1, -0.05) is 55.0 Å². The summed E-state index contributed by atoms with van der Waals surface area (Å²) in [5.74, 6) is 0.0902. The van der Waals surface area contributed by atoms with Gasteiger partial charge < -0.3 is 5.32 Å². The summed E-state index contributed by atoms with van der Waals surface area (Å²) < 4.78 is 0. The number of carbonyl (C=O) groups excluding carboxylic acids is 1. The van der Waals surface area contributed by atoms with Gasteiger partial charge in [-0.2, -0.15) is 0 Å². The van der Waals surface area contributed by atoms with Gasteiger partial charge in [0.1, 0.15) is 0 Å². The van der Waals surface area contributed by atoms with Gasteiger partial charge in [0.2, 0.25) is 5.91 Å². The van der Waals surface area contributed by atoms with Crippen molar-refractivity contribution in [1.29, 1.82) is 0 Å². The summed E-state index contributed by atoms with van der Waals surface area (Å²) in [5.41, 5.74) is 3.34. The van der Waals surface area contributed by atoms with Crippen molar-refractivity contribution in [3.05, 3.63) is 65.7 Å². The zero-order valence-corrected chi connectivity index (χ0v) is 13.5. The second-order valence-electron chi connectivity index (χ2n) is 6.20. The SMILES string of the molecule is O=C(CN1CCCCC1)Nc1ccccc1Cc1ccccc1. The number of likely N-dealkylation sites (tertiary alicyclic amines) is 1. The predicted octanol–water partition coefficient (Wildman–Crippen LogP) is 3.70. The molecule has 1 N–H and O–H groups in total. The molecule has 3 nitrogen and oxygen atoms in total. The van der Waals surface area contributed by atoms with Gasteiger partial charge in [-0.05, 0) is 49.5 Å². The average Bonchev–Trinajstić information content (AvgIpc) is 2.58. The fourth-order valence-electron chi connectivity index (χ4n) is 3.12. The second kappa shape index (κ2) is 7.93. The van der Waals surface area contributed by atoms with Crippen molar-refractivity contribution in [3.8, 4) is 0 Å². The molecule has 0 aromatic heterocycles. The van der Waals surface area contributed by atoms with Gasteiger partial charge in [-0.3, -0.25) is 9.69 Å². The molecule has 3 heteroatoms. The van der Waals surface area contributed by atoms with Crippen LogP contribution in [0.15, 0.2) is 54.6 Å². The van der Waals surface area contributed by atoms with Crippen LogP contribution in [0.1, 0.15) is 30.4 Å². The molecule has 1 amide bonds. The third-order valence-corrected chi connectivity index (χ3v) is 4.34. The second-order valence-corrected chi connectivity index (χ2v) is 6.20. The summed E-state index contributed by atoms with van der Waals surface area (Å²) in [4.78, 5) is 14.6. The van der Waals surface area contributed by atoms with Crippen molar-refractivity contribution in [3.63, 3.8) is 0 Å². The minimum atomic E-state index is 0.0902. The van der Waals surface area contributed by atoms with Crippen LogP contribution < -0.4 is 5.32 Å². The van der Waals surface area contributed by atoms with Crippen LogP contribution in [0.3, 0.4) is 0 Å². The molecular formula is C20H24N2O. The van der Waals surface area contributed by atoms with Crippen LogP contribution >= 0.6 is 0 Å². The summed E-state index contributed by atoms with van der Waals surface area (Å²) in [7, 11) is 0. The lowest BCUT2D eigenvalue weighted by Crippen LogP contribution is -2.36. The lowest BCUT2D eigenvalue weighted by atomic mass is 10.0. The Balaban J connectivity index is 1.64. The summed E-state index contributed by atoms with van der Waals surface area (Å²) in [6, 6.07) is 18.4. The molecule has 3 rings (SSSR count). The van der Waals surface area contributed by atoms with E-state index in [1.807, 2.05) is 36.4 Å². The van der Waals surface area contributed by atoms with Crippen molar-refractivity contribution in [1.82, 2.24) is 4.90 Å². The number of piperidine rings is 1. The average molecular weight is 308 g/mol. The van der Waals surface area contributed by atoms with Crippen LogP contribution in [0.5, 0.6) is 0 Å². The molecule has 0 unspecified atom stereocenters. The lowest BCUT2D eigenvalue weighted by Gasteiger charge is -2.25. The number of para-hydroxylation sites is 1. The van der Waals surface area contributed by atoms with Crippen LogP contribution in [0, 0.1) is 0 Å². The Labute approximate surface area is 138 Å². The summed E-state index contributed by atoms with van der Waals surface area (Å²) in [6.45, 7) is 2.58. The topological polar surface area (TPSA) is 32.3 Å². The van der Waals surface area contributed by atoms with Gasteiger partial charge in [0.25, 0.3) is 0 Å². The number of anilines is 1. The molecule has 1 aliphatic heterocycles. The standard InChI is InChI=1S/C20H24N2O/c23-20(16-22-13-7-2-8-14-22)21-19-12-6-5-11-18(19)15-17-9-3-1-4-10-17/h1,3-6,9-12H,2,7-8,13-16H2,(H,21,23). The maximum absolute atomic E-state index is 12.3. The normalized spacial score (nSPS) is 15.3. The molecule has 0 saturated carbocycles. The highest BCUT2D eigenvalue weighted by atomic mass is 16.2. The molecule has 1 aliphatic rings. The molecule has 0 aliphatic carbocycles. The van der Waals surface area contributed by atoms with Crippen molar-refractivity contribution in [2.24, 2.45) is 0 Å². The minimum absolute atomic E-state index is 0.0902. The van der Waals surface area contributed by atoms with E-state index >= 15 is 0 Å². The van der Waals surface area contributed by atoms with Gasteiger partial charge in [-0.25, -0.2) is 0 Å². The first-order chi connectivity index (χ1) is 11.3. The Bertz CT molecular complexity index is 633. The zero-order chi connectivity index (χ0) is 15.9. The molecule has 2 aromatic rings. The monoisotopic (exact) mass is 308 g/mol. The van der Waals surface area contributed by atoms with Gasteiger partial charge in [0.15, 0.2) is 0 Å². The van der Waals surface area contributed by atoms with Crippen LogP contribution in [0.2, 0.25) is 0 Å². The number of hydrogen-bond acceptors (Lipinski definition) is 2. The van der Waals surface area contributed by atoms with Crippen molar-refractivity contribution in [2.45, 2.75) is 25.7 Å². The Hall–Kier alpha value is -2.13. The van der Waals surface area contributed by atoms with Gasteiger partial charge in [0.05, 0.1) is 6.54 Å². The number of nitrogens with one attached hydrogen (secondary N) is 1. The molecule has 0 atom stereocenters. The molecule has 0 radical (unpaired) electrons. The van der Waals surface area contributed by atoms with Crippen LogP contribution in [-0.4, -0.2) is 30.4 Å². The quantitative estimate of drug-likeness (QED) is 0.913. The Morgan fingerprint density at radius 1 is 0.913 bits per heavy atom. The first-order valence-corrected chi connectivity index (χ1v) is 8.45. The van der Waals surface area contributed by atoms with Crippen molar-refractivity contribution >= 4 is 11.6 Å². The molecule has 0 spiro atoms. The number of rotatable bonds is 5. The fraction of sp³-hybridized carbons (Fsp3) is 0.350. The summed E-state index contributed by atoms with van der Waals surface area (Å²) >= 11 is 0. The van der Waals surface area contributed by atoms with E-state index in [0.717, 1.165) is 30.8 Å². The first kappa shape index (κ1) is 15.8. The predicted molar refractivity (Wildman–Crippen MR) is 94.6 cm³/mol. The lowest BCUT2D eigenvalue weighted by molar-refractivity contribution is -0.117. The number of benzene rings is 2. The fourth-order valence-corrected chi connectivity index (χ4v) is 3.12. The van der Waals surface area contributed by atoms with Gasteiger partial charge >= 0.3 is 0 Å². The number of carbonyl (C=O) groups is 1. The third kappa shape index (κ3) is 4.67. The molecule has 0 bridgehead atoms. The summed E-state index contributed by atoms with van der Waals surface area (Å²) in [5, 5.41) is 3.10. The zero-order valence-electron chi connectivity index (χ0n) is 13.5. The van der Waals surface area contributed by atoms with E-state index in [4.69, 9.17) is 0 Å². The number of hydrogen-bond donors (Lipinski definition) is 1. The highest BCUT2D eigenvalue weighted by Gasteiger charge is 2.14. The molecule has 1 saturated heterocycles. The Kier molecular flexibility index (Phi) is 5.43. The Morgan fingerprint density at radius 3 is 2.39 bits per heavy atom. The maximum atomic E-state index is 12.3. The maximum Gasteiger partial charge on any atom is 0.238 e. The highest BCUT2D eigenvalue weighted by Crippen LogP contribution is 2.19. The van der Waals surface area contributed by atoms with Crippen LogP contribution in [-0.2, 0) is 11.2 Å². The largest absolute Gasteiger partial charge is 0.325 e. The summed E-state index contributed by atoms with van der Waals surface area (Å²) in [6.07, 6.45) is 4.54. The molecule has 23 heavy (non-hydrogen) atoms. The molecular weight excluding hydrogens is 284 g/mol. The van der Waals surface area contributed by atoms with Gasteiger partial charge in [-0.15, -0.1) is 0 Å². The molecule has 1 heterocycles. The highest BCUT2D eigenvalue weighted by molar-refractivity contribution is 5.93. The van der Waals surface area contributed by atoms with E-state index in [-0.39, 0.29) is 5.91 Å². The number of nitrogens with zero attached hydrogens (tertiary/aromatic N) is 1. The van der Waals surface area contributed by atoms with Crippen LogP contribution in [0.25, 0.3) is 0 Å². The van der Waals surface area contributed by atoms with E-state index in [0.29, 0.717) is 6.54 Å². The van der Waals surface area contributed by atoms with E-state index < -0.39 is 0 Å². The molecule has 120 valence electrons. The Morgan fingerprint density at radius 2 is 1.61 bits per heavy atom. The van der Waals surface area contributed by atoms with Gasteiger partial charge in [0, 0.05) is 5.69 Å². The van der Waals surface area contributed by atoms with E-state index in [2.05, 4.69) is 28.4 Å². The third-order valence-electron chi connectivity index (χ3n) is 4.34. The van der Waals surface area contributed by atoms with E-state index in [1.165, 1.54) is 24.8 Å². The smallest absolute Gasteiger partial charge is 0.238 e. The molecule has 2 aromatic carbocycles. The molecule has 1 fully saturated rings. The van der Waals surface area contributed by atoms with Crippen molar-refractivity contribution in [2.75, 3.05) is 25.0 Å². The number of amides is 1.